The number of carbonyl (C=O) groups is 1. The molecule has 0 atom stereocenters. The number of nitrogens with one attached hydrogen (secondary N) is 1. The summed E-state index contributed by atoms with van der Waals surface area (Å²) in [5.74, 6) is 0.632. The zero-order valence-corrected chi connectivity index (χ0v) is 9.63. The summed E-state index contributed by atoms with van der Waals surface area (Å²) >= 11 is 0. The molecule has 1 rings (SSSR count). The number of aryl methyl sites for hydroxylation is 1. The van der Waals surface area contributed by atoms with Crippen LogP contribution in [-0.2, 0) is 4.79 Å². The number of hydrogen-bond donors (Lipinski definition) is 1. The maximum atomic E-state index is 11.0. The molecule has 0 aromatic heterocycles. The molecule has 3 heteroatoms. The van der Waals surface area contributed by atoms with Crippen molar-refractivity contribution < 1.29 is 9.53 Å². The lowest BCUT2D eigenvalue weighted by Gasteiger charge is -2.14. The van der Waals surface area contributed by atoms with Gasteiger partial charge < -0.3 is 10.1 Å². The van der Waals surface area contributed by atoms with Crippen LogP contribution in [0.15, 0.2) is 18.2 Å². The Hall–Kier alpha value is -1.51. The van der Waals surface area contributed by atoms with E-state index < -0.39 is 0 Å². The lowest BCUT2D eigenvalue weighted by atomic mass is 10.2. The van der Waals surface area contributed by atoms with Crippen molar-refractivity contribution in [1.82, 2.24) is 0 Å². The van der Waals surface area contributed by atoms with Gasteiger partial charge in [-0.15, -0.1) is 0 Å². The normalized spacial score (nSPS) is 10.2. The zero-order chi connectivity index (χ0) is 11.4. The summed E-state index contributed by atoms with van der Waals surface area (Å²) in [6.45, 7) is 7.39. The Kier molecular flexibility index (Phi) is 3.72. The van der Waals surface area contributed by atoms with Crippen LogP contribution in [0.25, 0.3) is 0 Å². The van der Waals surface area contributed by atoms with Gasteiger partial charge >= 0.3 is 0 Å². The van der Waals surface area contributed by atoms with Crippen molar-refractivity contribution in [3.63, 3.8) is 0 Å². The molecule has 3 nitrogen and oxygen atoms in total. The molecule has 0 aliphatic rings. The van der Waals surface area contributed by atoms with Crippen LogP contribution in [0.3, 0.4) is 0 Å². The van der Waals surface area contributed by atoms with Crippen molar-refractivity contribution in [3.05, 3.63) is 23.8 Å². The highest BCUT2D eigenvalue weighted by molar-refractivity contribution is 5.90. The maximum Gasteiger partial charge on any atom is 0.221 e. The molecule has 0 aliphatic carbocycles. The van der Waals surface area contributed by atoms with Crippen molar-refractivity contribution in [2.75, 3.05) is 5.32 Å². The summed E-state index contributed by atoms with van der Waals surface area (Å²) < 4.78 is 5.61. The van der Waals surface area contributed by atoms with Crippen LogP contribution in [0.5, 0.6) is 5.75 Å². The predicted molar refractivity (Wildman–Crippen MR) is 61.2 cm³/mol. The van der Waals surface area contributed by atoms with Gasteiger partial charge in [0.25, 0.3) is 0 Å². The third kappa shape index (κ3) is 3.62. The Morgan fingerprint density at radius 1 is 1.40 bits per heavy atom. The molecule has 0 heterocycles. The molecule has 0 spiro atoms. The highest BCUT2D eigenvalue weighted by Crippen LogP contribution is 2.26. The van der Waals surface area contributed by atoms with Gasteiger partial charge in [-0.1, -0.05) is 6.07 Å². The van der Waals surface area contributed by atoms with Crippen molar-refractivity contribution >= 4 is 11.6 Å². The first kappa shape index (κ1) is 11.6. The fourth-order valence-corrected chi connectivity index (χ4v) is 1.27. The van der Waals surface area contributed by atoms with Gasteiger partial charge in [0.05, 0.1) is 11.8 Å². The quantitative estimate of drug-likeness (QED) is 0.827. The highest BCUT2D eigenvalue weighted by atomic mass is 16.5. The van der Waals surface area contributed by atoms with E-state index in [2.05, 4.69) is 5.32 Å². The van der Waals surface area contributed by atoms with Gasteiger partial charge in [-0.05, 0) is 38.5 Å². The number of hydrogen-bond acceptors (Lipinski definition) is 2. The van der Waals surface area contributed by atoms with Gasteiger partial charge in [-0.2, -0.15) is 0 Å². The van der Waals surface area contributed by atoms with Crippen LogP contribution in [0, 0.1) is 6.92 Å². The lowest BCUT2D eigenvalue weighted by molar-refractivity contribution is -0.114. The zero-order valence-electron chi connectivity index (χ0n) is 9.63. The predicted octanol–water partition coefficient (Wildman–Crippen LogP) is 2.74. The van der Waals surface area contributed by atoms with Gasteiger partial charge in [-0.3, -0.25) is 4.79 Å². The van der Waals surface area contributed by atoms with E-state index in [4.69, 9.17) is 4.74 Å². The van der Waals surface area contributed by atoms with Crippen molar-refractivity contribution in [2.24, 2.45) is 0 Å². The molecule has 1 aromatic carbocycles. The van der Waals surface area contributed by atoms with E-state index in [9.17, 15) is 4.79 Å². The summed E-state index contributed by atoms with van der Waals surface area (Å²) in [6, 6.07) is 5.72. The molecule has 1 aromatic rings. The maximum absolute atomic E-state index is 11.0. The first-order chi connectivity index (χ1) is 6.99. The van der Waals surface area contributed by atoms with Gasteiger partial charge in [0.2, 0.25) is 5.91 Å². The number of amides is 1. The summed E-state index contributed by atoms with van der Waals surface area (Å²) in [5, 5.41) is 2.74. The smallest absolute Gasteiger partial charge is 0.221 e. The largest absolute Gasteiger partial charge is 0.489 e. The number of benzene rings is 1. The minimum atomic E-state index is -0.0903. The second kappa shape index (κ2) is 4.82. The van der Waals surface area contributed by atoms with E-state index in [1.807, 2.05) is 39.0 Å². The summed E-state index contributed by atoms with van der Waals surface area (Å²) in [5.41, 5.74) is 1.83. The molecule has 15 heavy (non-hydrogen) atoms. The lowest BCUT2D eigenvalue weighted by Crippen LogP contribution is -2.11. The van der Waals surface area contributed by atoms with E-state index in [1.54, 1.807) is 0 Å². The molecular weight excluding hydrogens is 190 g/mol. The van der Waals surface area contributed by atoms with E-state index >= 15 is 0 Å². The van der Waals surface area contributed by atoms with Gasteiger partial charge in [0.15, 0.2) is 0 Å². The van der Waals surface area contributed by atoms with Crippen LogP contribution in [0.1, 0.15) is 26.3 Å². The van der Waals surface area contributed by atoms with Crippen molar-refractivity contribution in [1.29, 1.82) is 0 Å². The second-order valence-corrected chi connectivity index (χ2v) is 3.85. The Balaban J connectivity index is 2.97. The van der Waals surface area contributed by atoms with Gasteiger partial charge in [0.1, 0.15) is 5.75 Å². The minimum absolute atomic E-state index is 0.0903. The molecular formula is C12H17NO2. The van der Waals surface area contributed by atoms with Crippen LogP contribution in [-0.4, -0.2) is 12.0 Å². The van der Waals surface area contributed by atoms with Gasteiger partial charge in [0, 0.05) is 6.92 Å². The highest BCUT2D eigenvalue weighted by Gasteiger charge is 2.06. The van der Waals surface area contributed by atoms with Crippen molar-refractivity contribution in [2.45, 2.75) is 33.8 Å². The summed E-state index contributed by atoms with van der Waals surface area (Å²) in [6.07, 6.45) is 0.0966. The number of rotatable bonds is 3. The Morgan fingerprint density at radius 2 is 2.07 bits per heavy atom. The Morgan fingerprint density at radius 3 is 2.60 bits per heavy atom. The molecule has 0 radical (unpaired) electrons. The minimum Gasteiger partial charge on any atom is -0.489 e. The second-order valence-electron chi connectivity index (χ2n) is 3.85. The number of carbonyl (C=O) groups excluding carboxylic acids is 1. The molecule has 1 N–H and O–H groups in total. The Bertz CT molecular complexity index is 359. The van der Waals surface area contributed by atoms with E-state index in [0.717, 1.165) is 17.0 Å². The first-order valence-electron chi connectivity index (χ1n) is 5.04. The summed E-state index contributed by atoms with van der Waals surface area (Å²) in [7, 11) is 0. The third-order valence-electron chi connectivity index (χ3n) is 1.81. The van der Waals surface area contributed by atoms with Crippen LogP contribution >= 0.6 is 0 Å². The standard InChI is InChI=1S/C12H17NO2/c1-8(2)15-12-7-9(3)5-6-11(12)13-10(4)14/h5-8H,1-4H3,(H,13,14). The number of ether oxygens (including phenoxy) is 1. The number of anilines is 1. The third-order valence-corrected chi connectivity index (χ3v) is 1.81. The molecule has 0 fully saturated rings. The molecule has 0 aliphatic heterocycles. The van der Waals surface area contributed by atoms with E-state index in [1.165, 1.54) is 6.92 Å². The molecule has 0 saturated carbocycles. The fourth-order valence-electron chi connectivity index (χ4n) is 1.27. The van der Waals surface area contributed by atoms with E-state index in [-0.39, 0.29) is 12.0 Å². The molecule has 0 saturated heterocycles. The summed E-state index contributed by atoms with van der Waals surface area (Å²) in [4.78, 5) is 11.0. The van der Waals surface area contributed by atoms with Crippen LogP contribution < -0.4 is 10.1 Å². The SMILES string of the molecule is CC(=O)Nc1ccc(C)cc1OC(C)C. The van der Waals surface area contributed by atoms with Crippen molar-refractivity contribution in [3.8, 4) is 5.75 Å². The average Bonchev–Trinajstić information content (AvgIpc) is 2.08. The fraction of sp³-hybridized carbons (Fsp3) is 0.417. The molecule has 0 bridgehead atoms. The van der Waals surface area contributed by atoms with Gasteiger partial charge in [-0.25, -0.2) is 0 Å². The van der Waals surface area contributed by atoms with Crippen LogP contribution in [0.2, 0.25) is 0 Å². The molecule has 82 valence electrons. The topological polar surface area (TPSA) is 38.3 Å². The van der Waals surface area contributed by atoms with E-state index in [0.29, 0.717) is 0 Å². The average molecular weight is 207 g/mol. The monoisotopic (exact) mass is 207 g/mol. The molecule has 0 unspecified atom stereocenters. The Labute approximate surface area is 90.4 Å². The first-order valence-corrected chi connectivity index (χ1v) is 5.04. The molecule has 1 amide bonds. The van der Waals surface area contributed by atoms with Crippen LogP contribution in [0.4, 0.5) is 5.69 Å².